The Morgan fingerprint density at radius 1 is 1.25 bits per heavy atom. The van der Waals surface area contributed by atoms with Crippen molar-refractivity contribution >= 4 is 5.91 Å². The highest BCUT2D eigenvalue weighted by atomic mass is 16.5. The molecule has 2 atom stereocenters. The van der Waals surface area contributed by atoms with Crippen molar-refractivity contribution in [3.8, 4) is 0 Å². The molecular weight excluding hydrogens is 304 g/mol. The van der Waals surface area contributed by atoms with E-state index in [1.165, 1.54) is 5.56 Å². The molecule has 0 aromatic carbocycles. The molecule has 1 aromatic rings. The predicted molar refractivity (Wildman–Crippen MR) is 92.5 cm³/mol. The molecule has 134 valence electrons. The molecule has 0 N–H and O–H groups in total. The average molecular weight is 334 g/mol. The van der Waals surface area contributed by atoms with Crippen molar-refractivity contribution in [3.05, 3.63) is 18.0 Å². The molecule has 3 rings (SSSR count). The molecule has 0 aliphatic carbocycles. The number of aryl methyl sites for hydroxylation is 1. The molecule has 6 nitrogen and oxygen atoms in total. The van der Waals surface area contributed by atoms with E-state index in [4.69, 9.17) is 4.74 Å². The maximum Gasteiger partial charge on any atom is 0.225 e. The van der Waals surface area contributed by atoms with E-state index < -0.39 is 0 Å². The van der Waals surface area contributed by atoms with Gasteiger partial charge < -0.3 is 9.64 Å². The number of rotatable bonds is 4. The lowest BCUT2D eigenvalue weighted by Gasteiger charge is -2.39. The Labute approximate surface area is 144 Å². The van der Waals surface area contributed by atoms with Gasteiger partial charge in [0.25, 0.3) is 0 Å². The van der Waals surface area contributed by atoms with Crippen LogP contribution in [0.5, 0.6) is 0 Å². The standard InChI is InChI=1S/C18H30N4O2/c1-4-22-13-16(9-19-22)12-20-7-5-17(6-8-20)18(23)21-10-14(2)24-15(3)11-21/h9,13-15,17H,4-8,10-12H2,1-3H3. The van der Waals surface area contributed by atoms with Crippen molar-refractivity contribution < 1.29 is 9.53 Å². The normalized spacial score (nSPS) is 26.7. The summed E-state index contributed by atoms with van der Waals surface area (Å²) < 4.78 is 7.70. The van der Waals surface area contributed by atoms with Gasteiger partial charge in [0.05, 0.1) is 18.4 Å². The van der Waals surface area contributed by atoms with Crippen LogP contribution in [-0.2, 0) is 22.6 Å². The first-order chi connectivity index (χ1) is 11.5. The molecular formula is C18H30N4O2. The molecule has 0 bridgehead atoms. The van der Waals surface area contributed by atoms with E-state index in [-0.39, 0.29) is 18.1 Å². The summed E-state index contributed by atoms with van der Waals surface area (Å²) in [5.74, 6) is 0.507. The number of amides is 1. The van der Waals surface area contributed by atoms with Crippen molar-refractivity contribution in [3.63, 3.8) is 0 Å². The fourth-order valence-corrected chi connectivity index (χ4v) is 3.87. The fourth-order valence-electron chi connectivity index (χ4n) is 3.87. The molecule has 1 aromatic heterocycles. The smallest absolute Gasteiger partial charge is 0.225 e. The Morgan fingerprint density at radius 3 is 2.50 bits per heavy atom. The minimum atomic E-state index is 0.146. The van der Waals surface area contributed by atoms with Gasteiger partial charge in [0, 0.05) is 43.9 Å². The monoisotopic (exact) mass is 334 g/mol. The quantitative estimate of drug-likeness (QED) is 0.842. The Balaban J connectivity index is 1.48. The Morgan fingerprint density at radius 2 is 1.92 bits per heavy atom. The van der Waals surface area contributed by atoms with Crippen molar-refractivity contribution in [2.45, 2.75) is 58.9 Å². The number of morpholine rings is 1. The first-order valence-electron chi connectivity index (χ1n) is 9.23. The van der Waals surface area contributed by atoms with Crippen LogP contribution < -0.4 is 0 Å². The van der Waals surface area contributed by atoms with Gasteiger partial charge in [-0.2, -0.15) is 5.10 Å². The lowest BCUT2D eigenvalue weighted by Crippen LogP contribution is -2.51. The second-order valence-corrected chi connectivity index (χ2v) is 7.26. The number of carbonyl (C=O) groups is 1. The summed E-state index contributed by atoms with van der Waals surface area (Å²) in [6, 6.07) is 0. The summed E-state index contributed by atoms with van der Waals surface area (Å²) in [5.41, 5.74) is 1.26. The summed E-state index contributed by atoms with van der Waals surface area (Å²) in [5, 5.41) is 4.34. The van der Waals surface area contributed by atoms with Crippen LogP contribution in [0.1, 0.15) is 39.2 Å². The summed E-state index contributed by atoms with van der Waals surface area (Å²) in [4.78, 5) is 17.2. The minimum Gasteiger partial charge on any atom is -0.372 e. The number of ether oxygens (including phenoxy) is 1. The maximum absolute atomic E-state index is 12.8. The van der Waals surface area contributed by atoms with E-state index in [0.29, 0.717) is 5.91 Å². The van der Waals surface area contributed by atoms with Crippen LogP contribution in [0.4, 0.5) is 0 Å². The van der Waals surface area contributed by atoms with Crippen LogP contribution in [-0.4, -0.2) is 63.9 Å². The van der Waals surface area contributed by atoms with Gasteiger partial charge in [0.2, 0.25) is 5.91 Å². The third kappa shape index (κ3) is 4.16. The number of hydrogen-bond acceptors (Lipinski definition) is 4. The molecule has 6 heteroatoms. The van der Waals surface area contributed by atoms with Crippen LogP contribution in [0.3, 0.4) is 0 Å². The van der Waals surface area contributed by atoms with Crippen LogP contribution in [0.2, 0.25) is 0 Å². The predicted octanol–water partition coefficient (Wildman–Crippen LogP) is 1.75. The zero-order chi connectivity index (χ0) is 17.1. The van der Waals surface area contributed by atoms with Crippen molar-refractivity contribution in [1.29, 1.82) is 0 Å². The first kappa shape index (κ1) is 17.4. The Kier molecular flexibility index (Phi) is 5.56. The number of hydrogen-bond donors (Lipinski definition) is 0. The summed E-state index contributed by atoms with van der Waals surface area (Å²) >= 11 is 0. The van der Waals surface area contributed by atoms with E-state index in [1.807, 2.05) is 15.8 Å². The topological polar surface area (TPSA) is 50.6 Å². The number of likely N-dealkylation sites (tertiary alicyclic amines) is 1. The van der Waals surface area contributed by atoms with Crippen LogP contribution in [0.25, 0.3) is 0 Å². The molecule has 2 saturated heterocycles. The summed E-state index contributed by atoms with van der Waals surface area (Å²) in [6.07, 6.45) is 6.29. The molecule has 24 heavy (non-hydrogen) atoms. The maximum atomic E-state index is 12.8. The molecule has 0 spiro atoms. The average Bonchev–Trinajstić information content (AvgIpc) is 3.01. The van der Waals surface area contributed by atoms with Crippen molar-refractivity contribution in [1.82, 2.24) is 19.6 Å². The number of carbonyl (C=O) groups excluding carboxylic acids is 1. The zero-order valence-corrected chi connectivity index (χ0v) is 15.1. The third-order valence-electron chi connectivity index (χ3n) is 5.08. The fraction of sp³-hybridized carbons (Fsp3) is 0.778. The molecule has 2 aliphatic heterocycles. The van der Waals surface area contributed by atoms with Gasteiger partial charge in [0.1, 0.15) is 0 Å². The third-order valence-corrected chi connectivity index (χ3v) is 5.08. The molecule has 0 saturated carbocycles. The molecule has 2 fully saturated rings. The van der Waals surface area contributed by atoms with Gasteiger partial charge in [-0.05, 0) is 46.7 Å². The molecule has 3 heterocycles. The highest BCUT2D eigenvalue weighted by molar-refractivity contribution is 5.79. The van der Waals surface area contributed by atoms with E-state index in [0.717, 1.165) is 52.1 Å². The second kappa shape index (κ2) is 7.66. The molecule has 2 unspecified atom stereocenters. The lowest BCUT2D eigenvalue weighted by molar-refractivity contribution is -0.148. The number of piperidine rings is 1. The lowest BCUT2D eigenvalue weighted by atomic mass is 9.94. The van der Waals surface area contributed by atoms with Crippen LogP contribution >= 0.6 is 0 Å². The number of nitrogens with zero attached hydrogens (tertiary/aromatic N) is 4. The van der Waals surface area contributed by atoms with Gasteiger partial charge >= 0.3 is 0 Å². The highest BCUT2D eigenvalue weighted by Crippen LogP contribution is 2.23. The largest absolute Gasteiger partial charge is 0.372 e. The van der Waals surface area contributed by atoms with Gasteiger partial charge in [-0.15, -0.1) is 0 Å². The van der Waals surface area contributed by atoms with Gasteiger partial charge in [-0.1, -0.05) is 0 Å². The van der Waals surface area contributed by atoms with Crippen LogP contribution in [0, 0.1) is 5.92 Å². The van der Waals surface area contributed by atoms with E-state index in [9.17, 15) is 4.79 Å². The van der Waals surface area contributed by atoms with Gasteiger partial charge in [-0.3, -0.25) is 14.4 Å². The van der Waals surface area contributed by atoms with Crippen molar-refractivity contribution in [2.24, 2.45) is 5.92 Å². The highest BCUT2D eigenvalue weighted by Gasteiger charge is 2.32. The summed E-state index contributed by atoms with van der Waals surface area (Å²) in [7, 11) is 0. The summed E-state index contributed by atoms with van der Waals surface area (Å²) in [6.45, 7) is 11.5. The molecule has 2 aliphatic rings. The minimum absolute atomic E-state index is 0.146. The number of aromatic nitrogens is 2. The zero-order valence-electron chi connectivity index (χ0n) is 15.1. The molecule has 0 radical (unpaired) electrons. The Bertz CT molecular complexity index is 541. The van der Waals surface area contributed by atoms with Crippen LogP contribution in [0.15, 0.2) is 12.4 Å². The molecule has 1 amide bonds. The van der Waals surface area contributed by atoms with E-state index in [2.05, 4.69) is 37.0 Å². The van der Waals surface area contributed by atoms with E-state index >= 15 is 0 Å². The van der Waals surface area contributed by atoms with Gasteiger partial charge in [0.15, 0.2) is 0 Å². The second-order valence-electron chi connectivity index (χ2n) is 7.26. The first-order valence-corrected chi connectivity index (χ1v) is 9.23. The van der Waals surface area contributed by atoms with Gasteiger partial charge in [-0.25, -0.2) is 0 Å². The van der Waals surface area contributed by atoms with E-state index in [1.54, 1.807) is 0 Å². The Hall–Kier alpha value is -1.40. The van der Waals surface area contributed by atoms with Crippen molar-refractivity contribution in [2.75, 3.05) is 26.2 Å². The SMILES string of the molecule is CCn1cc(CN2CCC(C(=O)N3CC(C)OC(C)C3)CC2)cn1.